The lowest BCUT2D eigenvalue weighted by atomic mass is 10.1. The zero-order valence-corrected chi connectivity index (χ0v) is 12.2. The smallest absolute Gasteiger partial charge is 0.239 e. The van der Waals surface area contributed by atoms with Crippen LogP contribution in [-0.4, -0.2) is 31.5 Å². The highest BCUT2D eigenvalue weighted by molar-refractivity contribution is 5.84. The Kier molecular flexibility index (Phi) is 6.56. The number of methoxy groups -OCH3 is 1. The monoisotopic (exact) mass is 278 g/mol. The lowest BCUT2D eigenvalue weighted by molar-refractivity contribution is -0.126. The number of ether oxygens (including phenoxy) is 1. The van der Waals surface area contributed by atoms with Crippen LogP contribution < -0.4 is 15.4 Å². The molecule has 0 radical (unpaired) electrons. The van der Waals surface area contributed by atoms with Gasteiger partial charge < -0.3 is 15.4 Å². The van der Waals surface area contributed by atoms with E-state index in [2.05, 4.69) is 10.6 Å². The van der Waals surface area contributed by atoms with E-state index in [9.17, 15) is 9.59 Å². The molecule has 5 nitrogen and oxygen atoms in total. The second-order valence-corrected chi connectivity index (χ2v) is 4.85. The minimum absolute atomic E-state index is 0.0274. The molecule has 0 aliphatic heterocycles. The van der Waals surface area contributed by atoms with Gasteiger partial charge in [0.1, 0.15) is 5.75 Å². The van der Waals surface area contributed by atoms with Crippen molar-refractivity contribution in [2.24, 2.45) is 0 Å². The van der Waals surface area contributed by atoms with Crippen LogP contribution in [0, 0.1) is 0 Å². The van der Waals surface area contributed by atoms with E-state index in [0.29, 0.717) is 12.8 Å². The molecule has 5 heteroatoms. The van der Waals surface area contributed by atoms with E-state index in [1.54, 1.807) is 7.11 Å². The van der Waals surface area contributed by atoms with Crippen LogP contribution in [0.4, 0.5) is 0 Å². The predicted octanol–water partition coefficient (Wildman–Crippen LogP) is 1.27. The zero-order valence-electron chi connectivity index (χ0n) is 12.2. The SMILES string of the molecule is COc1ccc(CCC(=O)NCC(=O)NC(C)C)cc1. The van der Waals surface area contributed by atoms with Gasteiger partial charge >= 0.3 is 0 Å². The fraction of sp³-hybridized carbons (Fsp3) is 0.467. The Bertz CT molecular complexity index is 441. The maximum atomic E-state index is 11.6. The quantitative estimate of drug-likeness (QED) is 0.789. The molecule has 1 rings (SSSR count). The van der Waals surface area contributed by atoms with Gasteiger partial charge in [0.05, 0.1) is 13.7 Å². The van der Waals surface area contributed by atoms with Crippen LogP contribution in [0.25, 0.3) is 0 Å². The molecule has 1 aromatic carbocycles. The first kappa shape index (κ1) is 16.0. The number of carbonyl (C=O) groups is 2. The lowest BCUT2D eigenvalue weighted by Crippen LogP contribution is -2.39. The van der Waals surface area contributed by atoms with Gasteiger partial charge in [0, 0.05) is 12.5 Å². The summed E-state index contributed by atoms with van der Waals surface area (Å²) < 4.78 is 5.07. The van der Waals surface area contributed by atoms with Crippen molar-refractivity contribution in [3.05, 3.63) is 29.8 Å². The highest BCUT2D eigenvalue weighted by Gasteiger charge is 2.06. The number of amides is 2. The topological polar surface area (TPSA) is 67.4 Å². The molecule has 0 aromatic heterocycles. The van der Waals surface area contributed by atoms with Crippen LogP contribution in [0.1, 0.15) is 25.8 Å². The van der Waals surface area contributed by atoms with Crippen LogP contribution >= 0.6 is 0 Å². The molecular formula is C15H22N2O3. The summed E-state index contributed by atoms with van der Waals surface area (Å²) in [6.07, 6.45) is 1.00. The fourth-order valence-corrected chi connectivity index (χ4v) is 1.69. The lowest BCUT2D eigenvalue weighted by Gasteiger charge is -2.09. The summed E-state index contributed by atoms with van der Waals surface area (Å²) in [5, 5.41) is 5.32. The minimum Gasteiger partial charge on any atom is -0.497 e. The standard InChI is InChI=1S/C15H22N2O3/c1-11(2)17-15(19)10-16-14(18)9-6-12-4-7-13(20-3)8-5-12/h4-5,7-8,11H,6,9-10H2,1-3H3,(H,16,18)(H,17,19). The van der Waals surface area contributed by atoms with Crippen molar-refractivity contribution in [2.45, 2.75) is 32.7 Å². The molecule has 0 saturated heterocycles. The number of rotatable bonds is 7. The Balaban J connectivity index is 2.27. The van der Waals surface area contributed by atoms with Crippen molar-refractivity contribution >= 4 is 11.8 Å². The minimum atomic E-state index is -0.169. The van der Waals surface area contributed by atoms with E-state index in [1.165, 1.54) is 0 Å². The Morgan fingerprint density at radius 3 is 2.35 bits per heavy atom. The van der Waals surface area contributed by atoms with Crippen LogP contribution in [0.3, 0.4) is 0 Å². The molecule has 2 amide bonds. The molecule has 0 aliphatic rings. The molecule has 0 unspecified atom stereocenters. The highest BCUT2D eigenvalue weighted by Crippen LogP contribution is 2.12. The molecule has 20 heavy (non-hydrogen) atoms. The van der Waals surface area contributed by atoms with Gasteiger partial charge in [-0.25, -0.2) is 0 Å². The van der Waals surface area contributed by atoms with Crippen molar-refractivity contribution in [1.82, 2.24) is 10.6 Å². The molecule has 0 fully saturated rings. The Hall–Kier alpha value is -2.04. The number of carbonyl (C=O) groups excluding carboxylic acids is 2. The maximum absolute atomic E-state index is 11.6. The molecular weight excluding hydrogens is 256 g/mol. The Labute approximate surface area is 119 Å². The van der Waals surface area contributed by atoms with Gasteiger partial charge in [-0.2, -0.15) is 0 Å². The molecule has 1 aromatic rings. The molecule has 110 valence electrons. The van der Waals surface area contributed by atoms with E-state index in [-0.39, 0.29) is 24.4 Å². The molecule has 0 saturated carbocycles. The van der Waals surface area contributed by atoms with E-state index in [4.69, 9.17) is 4.74 Å². The van der Waals surface area contributed by atoms with E-state index in [0.717, 1.165) is 11.3 Å². The van der Waals surface area contributed by atoms with Crippen LogP contribution in [0.5, 0.6) is 5.75 Å². The maximum Gasteiger partial charge on any atom is 0.239 e. The molecule has 0 atom stereocenters. The summed E-state index contributed by atoms with van der Waals surface area (Å²) in [5.74, 6) is 0.501. The first-order valence-electron chi connectivity index (χ1n) is 6.70. The normalized spacial score (nSPS) is 10.2. The summed E-state index contributed by atoms with van der Waals surface area (Å²) in [6.45, 7) is 3.78. The van der Waals surface area contributed by atoms with Gasteiger partial charge in [-0.05, 0) is 38.0 Å². The highest BCUT2D eigenvalue weighted by atomic mass is 16.5. The average Bonchev–Trinajstić information content (AvgIpc) is 2.42. The van der Waals surface area contributed by atoms with Gasteiger partial charge in [0.15, 0.2) is 0 Å². The summed E-state index contributed by atoms with van der Waals surface area (Å²) in [6, 6.07) is 7.67. The second kappa shape index (κ2) is 8.19. The van der Waals surface area contributed by atoms with E-state index < -0.39 is 0 Å². The predicted molar refractivity (Wildman–Crippen MR) is 77.6 cm³/mol. The van der Waals surface area contributed by atoms with Crippen molar-refractivity contribution in [3.63, 3.8) is 0 Å². The number of nitrogens with one attached hydrogen (secondary N) is 2. The van der Waals surface area contributed by atoms with Gasteiger partial charge in [-0.1, -0.05) is 12.1 Å². The summed E-state index contributed by atoms with van der Waals surface area (Å²) in [4.78, 5) is 23.0. The van der Waals surface area contributed by atoms with E-state index in [1.807, 2.05) is 38.1 Å². The van der Waals surface area contributed by atoms with Crippen molar-refractivity contribution in [2.75, 3.05) is 13.7 Å². The van der Waals surface area contributed by atoms with Crippen molar-refractivity contribution < 1.29 is 14.3 Å². The molecule has 0 bridgehead atoms. The van der Waals surface area contributed by atoms with E-state index >= 15 is 0 Å². The fourth-order valence-electron chi connectivity index (χ4n) is 1.69. The number of aryl methyl sites for hydroxylation is 1. The average molecular weight is 278 g/mol. The Morgan fingerprint density at radius 2 is 1.80 bits per heavy atom. The first-order chi connectivity index (χ1) is 9.51. The van der Waals surface area contributed by atoms with Crippen LogP contribution in [0.2, 0.25) is 0 Å². The van der Waals surface area contributed by atoms with Gasteiger partial charge in [-0.3, -0.25) is 9.59 Å². The third-order valence-electron chi connectivity index (χ3n) is 2.70. The number of hydrogen-bond donors (Lipinski definition) is 2. The third kappa shape index (κ3) is 6.22. The molecule has 0 heterocycles. The number of hydrogen-bond acceptors (Lipinski definition) is 3. The van der Waals surface area contributed by atoms with Crippen molar-refractivity contribution in [1.29, 1.82) is 0 Å². The van der Waals surface area contributed by atoms with Crippen LogP contribution in [-0.2, 0) is 16.0 Å². The summed E-state index contributed by atoms with van der Waals surface area (Å²) >= 11 is 0. The second-order valence-electron chi connectivity index (χ2n) is 4.85. The summed E-state index contributed by atoms with van der Waals surface area (Å²) in [5.41, 5.74) is 1.06. The third-order valence-corrected chi connectivity index (χ3v) is 2.70. The molecule has 0 aliphatic carbocycles. The van der Waals surface area contributed by atoms with Gasteiger partial charge in [-0.15, -0.1) is 0 Å². The zero-order chi connectivity index (χ0) is 15.0. The Morgan fingerprint density at radius 1 is 1.15 bits per heavy atom. The molecule has 0 spiro atoms. The molecule has 2 N–H and O–H groups in total. The summed E-state index contributed by atoms with van der Waals surface area (Å²) in [7, 11) is 1.62. The largest absolute Gasteiger partial charge is 0.497 e. The number of benzene rings is 1. The van der Waals surface area contributed by atoms with Crippen LogP contribution in [0.15, 0.2) is 24.3 Å². The van der Waals surface area contributed by atoms with Gasteiger partial charge in [0.25, 0.3) is 0 Å². The van der Waals surface area contributed by atoms with Gasteiger partial charge in [0.2, 0.25) is 11.8 Å². The first-order valence-corrected chi connectivity index (χ1v) is 6.70. The van der Waals surface area contributed by atoms with Crippen molar-refractivity contribution in [3.8, 4) is 5.75 Å².